The van der Waals surface area contributed by atoms with E-state index in [1.807, 2.05) is 24.3 Å². The lowest BCUT2D eigenvalue weighted by atomic mass is 10.2. The van der Waals surface area contributed by atoms with Crippen LogP contribution in [0.4, 0.5) is 0 Å². The van der Waals surface area contributed by atoms with Gasteiger partial charge < -0.3 is 15.4 Å². The monoisotopic (exact) mass is 263 g/mol. The van der Waals surface area contributed by atoms with Crippen LogP contribution in [-0.2, 0) is 6.54 Å². The van der Waals surface area contributed by atoms with Crippen LogP contribution in [0.2, 0.25) is 0 Å². The van der Waals surface area contributed by atoms with Crippen molar-refractivity contribution in [2.45, 2.75) is 33.2 Å². The fraction of sp³-hybridized carbons (Fsp3) is 0.533. The van der Waals surface area contributed by atoms with Crippen LogP contribution in [0.15, 0.2) is 29.3 Å². The van der Waals surface area contributed by atoms with Crippen LogP contribution < -0.4 is 15.4 Å². The minimum Gasteiger partial charge on any atom is -0.496 e. The number of aliphatic imine (C=N–C) groups is 1. The molecule has 0 aliphatic carbocycles. The second kappa shape index (κ2) is 9.25. The highest BCUT2D eigenvalue weighted by molar-refractivity contribution is 5.79. The number of ether oxygens (including phenoxy) is 1. The van der Waals surface area contributed by atoms with E-state index in [1.165, 1.54) is 6.42 Å². The molecule has 0 saturated heterocycles. The van der Waals surface area contributed by atoms with Crippen LogP contribution in [0.5, 0.6) is 5.75 Å². The zero-order valence-corrected chi connectivity index (χ0v) is 12.2. The highest BCUT2D eigenvalue weighted by Crippen LogP contribution is 2.17. The lowest BCUT2D eigenvalue weighted by Crippen LogP contribution is -2.37. The van der Waals surface area contributed by atoms with E-state index in [9.17, 15) is 0 Å². The molecule has 4 heteroatoms. The highest BCUT2D eigenvalue weighted by Gasteiger charge is 2.01. The van der Waals surface area contributed by atoms with Crippen LogP contribution >= 0.6 is 0 Å². The fourth-order valence-corrected chi connectivity index (χ4v) is 1.72. The van der Waals surface area contributed by atoms with E-state index >= 15 is 0 Å². The van der Waals surface area contributed by atoms with Crippen LogP contribution in [0.1, 0.15) is 32.3 Å². The predicted octanol–water partition coefficient (Wildman–Crippen LogP) is 2.55. The first-order chi connectivity index (χ1) is 9.31. The summed E-state index contributed by atoms with van der Waals surface area (Å²) in [6.07, 6.45) is 2.33. The van der Waals surface area contributed by atoms with Gasteiger partial charge in [0.1, 0.15) is 5.75 Å². The molecule has 0 unspecified atom stereocenters. The number of guanidine groups is 1. The van der Waals surface area contributed by atoms with E-state index < -0.39 is 0 Å². The van der Waals surface area contributed by atoms with Crippen molar-refractivity contribution in [2.75, 3.05) is 20.2 Å². The van der Waals surface area contributed by atoms with E-state index in [2.05, 4.69) is 29.5 Å². The van der Waals surface area contributed by atoms with Crippen molar-refractivity contribution in [1.29, 1.82) is 0 Å². The third-order valence-electron chi connectivity index (χ3n) is 2.77. The number of methoxy groups -OCH3 is 1. The third-order valence-corrected chi connectivity index (χ3v) is 2.77. The zero-order valence-electron chi connectivity index (χ0n) is 12.2. The van der Waals surface area contributed by atoms with E-state index in [-0.39, 0.29) is 0 Å². The molecule has 0 fully saturated rings. The molecule has 0 amide bonds. The summed E-state index contributed by atoms with van der Waals surface area (Å²) in [6, 6.07) is 7.97. The maximum Gasteiger partial charge on any atom is 0.191 e. The molecule has 0 heterocycles. The maximum atomic E-state index is 5.33. The average molecular weight is 263 g/mol. The molecule has 0 atom stereocenters. The SMILES string of the molecule is CCCCNC(=NCc1ccccc1OC)NCC. The molecule has 4 nitrogen and oxygen atoms in total. The lowest BCUT2D eigenvalue weighted by molar-refractivity contribution is 0.410. The predicted molar refractivity (Wildman–Crippen MR) is 80.7 cm³/mol. The van der Waals surface area contributed by atoms with Crippen LogP contribution in [0.25, 0.3) is 0 Å². The van der Waals surface area contributed by atoms with Gasteiger partial charge in [0.25, 0.3) is 0 Å². The summed E-state index contributed by atoms with van der Waals surface area (Å²) in [7, 11) is 1.69. The summed E-state index contributed by atoms with van der Waals surface area (Å²) in [4.78, 5) is 4.58. The molecule has 1 rings (SSSR count). The second-order valence-corrected chi connectivity index (χ2v) is 4.29. The number of hydrogen-bond acceptors (Lipinski definition) is 2. The average Bonchev–Trinajstić information content (AvgIpc) is 2.45. The Bertz CT molecular complexity index is 391. The van der Waals surface area contributed by atoms with Gasteiger partial charge in [0, 0.05) is 18.7 Å². The van der Waals surface area contributed by atoms with Gasteiger partial charge in [-0.15, -0.1) is 0 Å². The Kier molecular flexibility index (Phi) is 7.47. The Morgan fingerprint density at radius 1 is 1.21 bits per heavy atom. The normalized spacial score (nSPS) is 11.2. The van der Waals surface area contributed by atoms with E-state index in [0.717, 1.165) is 36.8 Å². The van der Waals surface area contributed by atoms with Crippen molar-refractivity contribution in [2.24, 2.45) is 4.99 Å². The van der Waals surface area contributed by atoms with Gasteiger partial charge in [-0.2, -0.15) is 0 Å². The lowest BCUT2D eigenvalue weighted by Gasteiger charge is -2.11. The molecule has 1 aromatic carbocycles. The van der Waals surface area contributed by atoms with Gasteiger partial charge >= 0.3 is 0 Å². The highest BCUT2D eigenvalue weighted by atomic mass is 16.5. The minimum absolute atomic E-state index is 0.617. The first kappa shape index (κ1) is 15.3. The molecule has 1 aromatic rings. The minimum atomic E-state index is 0.617. The van der Waals surface area contributed by atoms with Gasteiger partial charge in [0.05, 0.1) is 13.7 Å². The van der Waals surface area contributed by atoms with Crippen molar-refractivity contribution in [3.05, 3.63) is 29.8 Å². The Balaban J connectivity index is 2.62. The van der Waals surface area contributed by atoms with Gasteiger partial charge in [-0.25, -0.2) is 4.99 Å². The summed E-state index contributed by atoms with van der Waals surface area (Å²) < 4.78 is 5.33. The topological polar surface area (TPSA) is 45.7 Å². The Hall–Kier alpha value is -1.71. The molecule has 0 aliphatic rings. The maximum absolute atomic E-state index is 5.33. The van der Waals surface area contributed by atoms with E-state index in [1.54, 1.807) is 7.11 Å². The quantitative estimate of drug-likeness (QED) is 0.451. The molecule has 0 bridgehead atoms. The molecule has 0 aromatic heterocycles. The van der Waals surface area contributed by atoms with Gasteiger partial charge in [-0.1, -0.05) is 31.5 Å². The summed E-state index contributed by atoms with van der Waals surface area (Å²) >= 11 is 0. The van der Waals surface area contributed by atoms with E-state index in [4.69, 9.17) is 4.74 Å². The zero-order chi connectivity index (χ0) is 13.9. The van der Waals surface area contributed by atoms with Crippen LogP contribution in [-0.4, -0.2) is 26.2 Å². The number of rotatable bonds is 7. The van der Waals surface area contributed by atoms with Gasteiger partial charge in [-0.3, -0.25) is 0 Å². The van der Waals surface area contributed by atoms with Crippen LogP contribution in [0.3, 0.4) is 0 Å². The number of hydrogen-bond donors (Lipinski definition) is 2. The van der Waals surface area contributed by atoms with Gasteiger partial charge in [0.15, 0.2) is 5.96 Å². The Labute approximate surface area is 116 Å². The van der Waals surface area contributed by atoms with Crippen molar-refractivity contribution in [1.82, 2.24) is 10.6 Å². The number of unbranched alkanes of at least 4 members (excludes halogenated alkanes) is 1. The Morgan fingerprint density at radius 2 is 2.00 bits per heavy atom. The Morgan fingerprint density at radius 3 is 2.68 bits per heavy atom. The first-order valence-electron chi connectivity index (χ1n) is 6.95. The standard InChI is InChI=1S/C15H25N3O/c1-4-6-11-17-15(16-5-2)18-12-13-9-7-8-10-14(13)19-3/h7-10H,4-6,11-12H2,1-3H3,(H2,16,17,18). The van der Waals surface area contributed by atoms with Crippen molar-refractivity contribution < 1.29 is 4.74 Å². The molecular weight excluding hydrogens is 238 g/mol. The van der Waals surface area contributed by atoms with Crippen molar-refractivity contribution in [3.63, 3.8) is 0 Å². The summed E-state index contributed by atoms with van der Waals surface area (Å²) in [5.41, 5.74) is 1.10. The van der Waals surface area contributed by atoms with Gasteiger partial charge in [0.2, 0.25) is 0 Å². The number of para-hydroxylation sites is 1. The molecule has 0 saturated carbocycles. The van der Waals surface area contributed by atoms with Gasteiger partial charge in [-0.05, 0) is 19.4 Å². The van der Waals surface area contributed by atoms with Crippen molar-refractivity contribution >= 4 is 5.96 Å². The molecular formula is C15H25N3O. The molecule has 106 valence electrons. The second-order valence-electron chi connectivity index (χ2n) is 4.29. The number of benzene rings is 1. The first-order valence-corrected chi connectivity index (χ1v) is 6.95. The molecule has 0 spiro atoms. The summed E-state index contributed by atoms with van der Waals surface area (Å²) in [6.45, 7) is 6.68. The van der Waals surface area contributed by atoms with E-state index in [0.29, 0.717) is 6.54 Å². The largest absolute Gasteiger partial charge is 0.496 e. The molecule has 19 heavy (non-hydrogen) atoms. The van der Waals surface area contributed by atoms with Crippen LogP contribution in [0, 0.1) is 0 Å². The summed E-state index contributed by atoms with van der Waals surface area (Å²) in [5.74, 6) is 1.75. The summed E-state index contributed by atoms with van der Waals surface area (Å²) in [5, 5.41) is 6.57. The van der Waals surface area contributed by atoms with Crippen molar-refractivity contribution in [3.8, 4) is 5.75 Å². The third kappa shape index (κ3) is 5.64. The number of nitrogens with one attached hydrogen (secondary N) is 2. The molecule has 0 aliphatic heterocycles. The molecule has 0 radical (unpaired) electrons. The fourth-order valence-electron chi connectivity index (χ4n) is 1.72. The molecule has 2 N–H and O–H groups in total. The smallest absolute Gasteiger partial charge is 0.191 e. The number of nitrogens with zero attached hydrogens (tertiary/aromatic N) is 1.